The Bertz CT molecular complexity index is 792. The van der Waals surface area contributed by atoms with Crippen molar-refractivity contribution in [2.45, 2.75) is 13.1 Å². The Morgan fingerprint density at radius 1 is 1.08 bits per heavy atom. The van der Waals surface area contributed by atoms with E-state index in [2.05, 4.69) is 5.32 Å². The van der Waals surface area contributed by atoms with E-state index in [9.17, 15) is 22.8 Å². The molecule has 0 heterocycles. The number of likely N-dealkylation sites (N-methyl/N-ethyl adjacent to an activating group) is 1. The van der Waals surface area contributed by atoms with Crippen LogP contribution in [0, 0.1) is 0 Å². The maximum atomic E-state index is 13.0. The van der Waals surface area contributed by atoms with Crippen LogP contribution < -0.4 is 5.32 Å². The maximum absolute atomic E-state index is 13.0. The van der Waals surface area contributed by atoms with Gasteiger partial charge < -0.3 is 10.2 Å². The van der Waals surface area contributed by atoms with Crippen molar-refractivity contribution in [1.82, 2.24) is 4.90 Å². The van der Waals surface area contributed by atoms with Gasteiger partial charge in [-0.25, -0.2) is 0 Å². The summed E-state index contributed by atoms with van der Waals surface area (Å²) in [6.45, 7) is 1.52. The summed E-state index contributed by atoms with van der Waals surface area (Å²) < 4.78 is 38.9. The smallest absolute Gasteiger partial charge is 0.330 e. The number of anilines is 1. The number of benzene rings is 2. The normalized spacial score (nSPS) is 11.1. The fourth-order valence-corrected chi connectivity index (χ4v) is 2.43. The fourth-order valence-electron chi connectivity index (χ4n) is 2.30. The highest BCUT2D eigenvalue weighted by Crippen LogP contribution is 2.34. The number of hydrogen-bond acceptors (Lipinski definition) is 2. The Balaban J connectivity index is 2.11. The number of rotatable bonds is 5. The highest BCUT2D eigenvalue weighted by atomic mass is 35.5. The first-order valence-electron chi connectivity index (χ1n) is 7.73. The summed E-state index contributed by atoms with van der Waals surface area (Å²) >= 11 is 5.78. The predicted octanol–water partition coefficient (Wildman–Crippen LogP) is 4.46. The lowest BCUT2D eigenvalue weighted by atomic mass is 10.1. The zero-order chi connectivity index (χ0) is 19.3. The minimum Gasteiger partial charge on any atom is -0.330 e. The van der Waals surface area contributed by atoms with Crippen LogP contribution in [-0.2, 0) is 11.0 Å². The third-order valence-corrected chi connectivity index (χ3v) is 3.85. The lowest BCUT2D eigenvalue weighted by Crippen LogP contribution is -2.38. The molecular formula is C18H16ClF3N2O2. The second kappa shape index (κ2) is 8.23. The summed E-state index contributed by atoms with van der Waals surface area (Å²) in [5.74, 6) is -1.13. The van der Waals surface area contributed by atoms with E-state index in [1.807, 2.05) is 0 Å². The van der Waals surface area contributed by atoms with Crippen LogP contribution in [0.25, 0.3) is 0 Å². The van der Waals surface area contributed by atoms with Gasteiger partial charge in [-0.2, -0.15) is 13.2 Å². The van der Waals surface area contributed by atoms with Crippen molar-refractivity contribution in [2.24, 2.45) is 0 Å². The summed E-state index contributed by atoms with van der Waals surface area (Å²) in [5, 5.41) is 2.69. The molecule has 0 aromatic heterocycles. The van der Waals surface area contributed by atoms with E-state index < -0.39 is 23.6 Å². The van der Waals surface area contributed by atoms with Crippen LogP contribution in [0.15, 0.2) is 48.5 Å². The molecule has 0 fully saturated rings. The molecule has 4 nitrogen and oxygen atoms in total. The quantitative estimate of drug-likeness (QED) is 0.827. The fraction of sp³-hybridized carbons (Fsp3) is 0.222. The molecular weight excluding hydrogens is 369 g/mol. The summed E-state index contributed by atoms with van der Waals surface area (Å²) in [7, 11) is 0. The summed E-state index contributed by atoms with van der Waals surface area (Å²) in [4.78, 5) is 25.8. The van der Waals surface area contributed by atoms with E-state index >= 15 is 0 Å². The maximum Gasteiger partial charge on any atom is 0.418 e. The number of nitrogens with zero attached hydrogens (tertiary/aromatic N) is 1. The Labute approximate surface area is 153 Å². The molecule has 0 aliphatic rings. The molecule has 0 bridgehead atoms. The Hall–Kier alpha value is -2.54. The number of hydrogen-bond donors (Lipinski definition) is 1. The standard InChI is InChI=1S/C18H16ClF3N2O2/c1-2-24(17(26)12-7-9-13(19)10-8-12)11-16(25)23-15-6-4-3-5-14(15)18(20,21)22/h3-10H,2,11H2,1H3,(H,23,25). The van der Waals surface area contributed by atoms with Crippen molar-refractivity contribution < 1.29 is 22.8 Å². The van der Waals surface area contributed by atoms with Gasteiger partial charge in [-0.3, -0.25) is 9.59 Å². The van der Waals surface area contributed by atoms with Crippen LogP contribution in [0.3, 0.4) is 0 Å². The highest BCUT2D eigenvalue weighted by Gasteiger charge is 2.33. The second-order valence-corrected chi connectivity index (χ2v) is 5.85. The van der Waals surface area contributed by atoms with Gasteiger partial charge in [0.25, 0.3) is 5.91 Å². The van der Waals surface area contributed by atoms with Crippen LogP contribution in [0.1, 0.15) is 22.8 Å². The third kappa shape index (κ3) is 4.98. The Kier molecular flexibility index (Phi) is 6.26. The number of alkyl halides is 3. The first-order valence-corrected chi connectivity index (χ1v) is 8.11. The lowest BCUT2D eigenvalue weighted by Gasteiger charge is -2.21. The first kappa shape index (κ1) is 19.8. The highest BCUT2D eigenvalue weighted by molar-refractivity contribution is 6.30. The molecule has 0 atom stereocenters. The van der Waals surface area contributed by atoms with E-state index in [0.29, 0.717) is 10.6 Å². The van der Waals surface area contributed by atoms with Crippen LogP contribution in [-0.4, -0.2) is 29.8 Å². The average molecular weight is 385 g/mol. The van der Waals surface area contributed by atoms with E-state index in [1.165, 1.54) is 29.2 Å². The van der Waals surface area contributed by atoms with Crippen LogP contribution in [0.4, 0.5) is 18.9 Å². The number of nitrogens with one attached hydrogen (secondary N) is 1. The molecule has 1 N–H and O–H groups in total. The molecule has 2 amide bonds. The SMILES string of the molecule is CCN(CC(=O)Nc1ccccc1C(F)(F)F)C(=O)c1ccc(Cl)cc1. The summed E-state index contributed by atoms with van der Waals surface area (Å²) in [6.07, 6.45) is -4.59. The predicted molar refractivity (Wildman–Crippen MR) is 93.1 cm³/mol. The van der Waals surface area contributed by atoms with Gasteiger partial charge in [-0.15, -0.1) is 0 Å². The molecule has 2 aromatic carbocycles. The molecule has 8 heteroatoms. The molecule has 0 aliphatic heterocycles. The zero-order valence-corrected chi connectivity index (χ0v) is 14.6. The van der Waals surface area contributed by atoms with Gasteiger partial charge in [0.15, 0.2) is 0 Å². The number of carbonyl (C=O) groups is 2. The topological polar surface area (TPSA) is 49.4 Å². The average Bonchev–Trinajstić information content (AvgIpc) is 2.59. The third-order valence-electron chi connectivity index (χ3n) is 3.60. The first-order chi connectivity index (χ1) is 12.2. The molecule has 0 saturated heterocycles. The molecule has 0 spiro atoms. The largest absolute Gasteiger partial charge is 0.418 e. The van der Waals surface area contributed by atoms with E-state index in [0.717, 1.165) is 12.1 Å². The monoisotopic (exact) mass is 384 g/mol. The van der Waals surface area contributed by atoms with E-state index in [-0.39, 0.29) is 18.8 Å². The molecule has 2 rings (SSSR count). The van der Waals surface area contributed by atoms with Crippen molar-refractivity contribution in [3.8, 4) is 0 Å². The molecule has 0 radical (unpaired) electrons. The second-order valence-electron chi connectivity index (χ2n) is 5.42. The molecule has 138 valence electrons. The van der Waals surface area contributed by atoms with Gasteiger partial charge in [-0.1, -0.05) is 23.7 Å². The van der Waals surface area contributed by atoms with Gasteiger partial charge in [0.2, 0.25) is 5.91 Å². The van der Waals surface area contributed by atoms with Gasteiger partial charge in [0, 0.05) is 17.1 Å². The van der Waals surface area contributed by atoms with E-state index in [1.54, 1.807) is 19.1 Å². The Morgan fingerprint density at radius 2 is 1.69 bits per heavy atom. The van der Waals surface area contributed by atoms with Crippen molar-refractivity contribution in [1.29, 1.82) is 0 Å². The number of para-hydroxylation sites is 1. The minimum absolute atomic E-state index is 0.218. The summed E-state index contributed by atoms with van der Waals surface area (Å²) in [6, 6.07) is 10.8. The minimum atomic E-state index is -4.59. The molecule has 2 aromatic rings. The van der Waals surface area contributed by atoms with Crippen molar-refractivity contribution in [3.05, 3.63) is 64.7 Å². The van der Waals surface area contributed by atoms with Crippen molar-refractivity contribution >= 4 is 29.1 Å². The summed E-state index contributed by atoms with van der Waals surface area (Å²) in [5.41, 5.74) is -0.958. The van der Waals surface area contributed by atoms with Crippen LogP contribution in [0.5, 0.6) is 0 Å². The number of carbonyl (C=O) groups excluding carboxylic acids is 2. The van der Waals surface area contributed by atoms with E-state index in [4.69, 9.17) is 11.6 Å². The van der Waals surface area contributed by atoms with Crippen molar-refractivity contribution in [3.63, 3.8) is 0 Å². The number of amides is 2. The van der Waals surface area contributed by atoms with Gasteiger partial charge in [-0.05, 0) is 43.3 Å². The van der Waals surface area contributed by atoms with Gasteiger partial charge in [0.05, 0.1) is 11.3 Å². The molecule has 0 saturated carbocycles. The van der Waals surface area contributed by atoms with Gasteiger partial charge >= 0.3 is 6.18 Å². The van der Waals surface area contributed by atoms with Gasteiger partial charge in [0.1, 0.15) is 6.54 Å². The zero-order valence-electron chi connectivity index (χ0n) is 13.8. The molecule has 0 aliphatic carbocycles. The van der Waals surface area contributed by atoms with Crippen LogP contribution in [0.2, 0.25) is 5.02 Å². The molecule has 26 heavy (non-hydrogen) atoms. The Morgan fingerprint density at radius 3 is 2.27 bits per heavy atom. The van der Waals surface area contributed by atoms with Crippen LogP contribution >= 0.6 is 11.6 Å². The lowest BCUT2D eigenvalue weighted by molar-refractivity contribution is -0.137. The molecule has 0 unspecified atom stereocenters. The van der Waals surface area contributed by atoms with Crippen molar-refractivity contribution in [2.75, 3.05) is 18.4 Å². The number of halogens is 4.